The van der Waals surface area contributed by atoms with E-state index in [0.717, 1.165) is 27.8 Å². The molecule has 0 spiro atoms. The van der Waals surface area contributed by atoms with Gasteiger partial charge in [0.15, 0.2) is 11.5 Å². The summed E-state index contributed by atoms with van der Waals surface area (Å²) in [5.41, 5.74) is 5.79. The van der Waals surface area contributed by atoms with E-state index in [-0.39, 0.29) is 11.7 Å². The number of fused-ring (bicyclic) bond motifs is 1. The summed E-state index contributed by atoms with van der Waals surface area (Å²) in [5.74, 6) is 1.25. The molecule has 0 saturated carbocycles. The zero-order valence-corrected chi connectivity index (χ0v) is 21.4. The van der Waals surface area contributed by atoms with Gasteiger partial charge in [-0.2, -0.15) is 5.10 Å². The maximum Gasteiger partial charge on any atom is 0.273 e. The summed E-state index contributed by atoms with van der Waals surface area (Å²) in [4.78, 5) is 19.8. The van der Waals surface area contributed by atoms with Gasteiger partial charge in [-0.3, -0.25) is 14.9 Å². The molecule has 2 N–H and O–H groups in total. The molecule has 0 unspecified atom stereocenters. The maximum absolute atomic E-state index is 13.7. The topological polar surface area (TPSA) is 101 Å². The molecule has 2 aromatic carbocycles. The SMILES string of the molecule is CCOc1ccc([C@@H]2c3c(-c4cc(C)cc(C)c4O)n[nH]c3C(=O)N2Cc2cccnc2)cc1OCC. The van der Waals surface area contributed by atoms with Gasteiger partial charge in [-0.1, -0.05) is 18.2 Å². The third kappa shape index (κ3) is 4.39. The van der Waals surface area contributed by atoms with Gasteiger partial charge < -0.3 is 19.5 Å². The van der Waals surface area contributed by atoms with Gasteiger partial charge in [0.1, 0.15) is 17.1 Å². The number of carbonyl (C=O) groups is 1. The Morgan fingerprint density at radius 2 is 1.84 bits per heavy atom. The summed E-state index contributed by atoms with van der Waals surface area (Å²) in [6.07, 6.45) is 3.47. The summed E-state index contributed by atoms with van der Waals surface area (Å²) in [6.45, 7) is 9.02. The van der Waals surface area contributed by atoms with Gasteiger partial charge in [0.2, 0.25) is 0 Å². The summed E-state index contributed by atoms with van der Waals surface area (Å²) in [6, 6.07) is 12.9. The number of ether oxygens (including phenoxy) is 2. The second-order valence-electron chi connectivity index (χ2n) is 9.11. The number of aromatic amines is 1. The van der Waals surface area contributed by atoms with Crippen LogP contribution in [0.2, 0.25) is 0 Å². The van der Waals surface area contributed by atoms with Crippen LogP contribution in [0, 0.1) is 13.8 Å². The number of hydrogen-bond acceptors (Lipinski definition) is 6. The number of pyridine rings is 1. The number of H-pyrrole nitrogens is 1. The van der Waals surface area contributed by atoms with Crippen molar-refractivity contribution in [1.29, 1.82) is 0 Å². The minimum atomic E-state index is -0.466. The molecule has 1 atom stereocenters. The molecule has 1 aliphatic heterocycles. The monoisotopic (exact) mass is 498 g/mol. The van der Waals surface area contributed by atoms with E-state index in [1.165, 1.54) is 0 Å². The van der Waals surface area contributed by atoms with E-state index in [1.54, 1.807) is 17.3 Å². The lowest BCUT2D eigenvalue weighted by molar-refractivity contribution is 0.0729. The first kappa shape index (κ1) is 24.4. The summed E-state index contributed by atoms with van der Waals surface area (Å²) in [7, 11) is 0. The first-order valence-corrected chi connectivity index (χ1v) is 12.4. The van der Waals surface area contributed by atoms with Gasteiger partial charge in [-0.15, -0.1) is 0 Å². The fourth-order valence-corrected chi connectivity index (χ4v) is 4.98. The van der Waals surface area contributed by atoms with Crippen LogP contribution in [0.4, 0.5) is 0 Å². The Kier molecular flexibility index (Phi) is 6.56. The van der Waals surface area contributed by atoms with Crippen LogP contribution in [0.15, 0.2) is 54.9 Å². The fraction of sp³-hybridized carbons (Fsp3) is 0.276. The summed E-state index contributed by atoms with van der Waals surface area (Å²) in [5, 5.41) is 18.4. The zero-order chi connectivity index (χ0) is 26.1. The van der Waals surface area contributed by atoms with Gasteiger partial charge in [0, 0.05) is 30.1 Å². The number of aromatic hydroxyl groups is 1. The number of phenols is 1. The normalized spacial score (nSPS) is 14.6. The van der Waals surface area contributed by atoms with E-state index in [9.17, 15) is 9.90 Å². The first-order chi connectivity index (χ1) is 17.9. The Hall–Kier alpha value is -4.33. The van der Waals surface area contributed by atoms with Crippen molar-refractivity contribution in [3.05, 3.63) is 88.4 Å². The molecule has 0 saturated heterocycles. The second-order valence-corrected chi connectivity index (χ2v) is 9.11. The predicted octanol–water partition coefficient (Wildman–Crippen LogP) is 5.34. The molecule has 1 amide bonds. The Morgan fingerprint density at radius 1 is 1.05 bits per heavy atom. The van der Waals surface area contributed by atoms with Crippen LogP contribution in [-0.4, -0.2) is 44.3 Å². The Balaban J connectivity index is 1.69. The minimum absolute atomic E-state index is 0.151. The molecule has 190 valence electrons. The highest BCUT2D eigenvalue weighted by Crippen LogP contribution is 2.47. The van der Waals surface area contributed by atoms with Crippen LogP contribution < -0.4 is 9.47 Å². The molecule has 3 heterocycles. The van der Waals surface area contributed by atoms with Crippen molar-refractivity contribution in [2.45, 2.75) is 40.3 Å². The van der Waals surface area contributed by atoms with Crippen molar-refractivity contribution in [2.24, 2.45) is 0 Å². The van der Waals surface area contributed by atoms with Gasteiger partial charge in [-0.05, 0) is 74.2 Å². The molecule has 0 radical (unpaired) electrons. The maximum atomic E-state index is 13.7. The number of phenolic OH excluding ortho intramolecular Hbond substituents is 1. The number of hydrogen-bond donors (Lipinski definition) is 2. The Morgan fingerprint density at radius 3 is 2.57 bits per heavy atom. The highest BCUT2D eigenvalue weighted by Gasteiger charge is 2.43. The molecule has 0 aliphatic carbocycles. The Bertz CT molecular complexity index is 1450. The number of benzene rings is 2. The zero-order valence-electron chi connectivity index (χ0n) is 21.4. The lowest BCUT2D eigenvalue weighted by Gasteiger charge is -2.27. The van der Waals surface area contributed by atoms with Crippen molar-refractivity contribution in [3.63, 3.8) is 0 Å². The van der Waals surface area contributed by atoms with Gasteiger partial charge in [-0.25, -0.2) is 0 Å². The molecular formula is C29H30N4O4. The molecule has 5 rings (SSSR count). The number of nitrogens with one attached hydrogen (secondary N) is 1. The van der Waals surface area contributed by atoms with Crippen molar-refractivity contribution in [1.82, 2.24) is 20.1 Å². The van der Waals surface area contributed by atoms with Gasteiger partial charge in [0.05, 0.1) is 19.3 Å². The number of carbonyl (C=O) groups excluding carboxylic acids is 1. The largest absolute Gasteiger partial charge is 0.507 e. The molecular weight excluding hydrogens is 468 g/mol. The highest BCUT2D eigenvalue weighted by molar-refractivity contribution is 6.00. The molecule has 8 heteroatoms. The van der Waals surface area contributed by atoms with E-state index in [0.29, 0.717) is 48.2 Å². The molecule has 0 fully saturated rings. The third-order valence-electron chi connectivity index (χ3n) is 6.52. The first-order valence-electron chi connectivity index (χ1n) is 12.4. The second kappa shape index (κ2) is 9.97. The number of aromatic nitrogens is 3. The van der Waals surface area contributed by atoms with Crippen molar-refractivity contribution in [2.75, 3.05) is 13.2 Å². The molecule has 1 aliphatic rings. The van der Waals surface area contributed by atoms with Crippen molar-refractivity contribution >= 4 is 5.91 Å². The standard InChI is InChI=1S/C29H30N4O4/c1-5-36-22-10-9-20(14-23(22)37-6-2)27-24-25(21-13-17(3)12-18(4)28(21)34)31-32-26(24)29(35)33(27)16-19-8-7-11-30-15-19/h7-15,27,34H,5-6,16H2,1-4H3,(H,31,32)/t27-/m1/s1. The molecule has 4 aromatic rings. The lowest BCUT2D eigenvalue weighted by Crippen LogP contribution is -2.29. The molecule has 2 aromatic heterocycles. The van der Waals surface area contributed by atoms with Crippen LogP contribution in [0.1, 0.15) is 58.2 Å². The van der Waals surface area contributed by atoms with Gasteiger partial charge >= 0.3 is 0 Å². The van der Waals surface area contributed by atoms with Crippen LogP contribution in [0.3, 0.4) is 0 Å². The van der Waals surface area contributed by atoms with Crippen molar-refractivity contribution in [3.8, 4) is 28.5 Å². The highest BCUT2D eigenvalue weighted by atomic mass is 16.5. The predicted molar refractivity (Wildman–Crippen MR) is 140 cm³/mol. The van der Waals surface area contributed by atoms with Gasteiger partial charge in [0.25, 0.3) is 5.91 Å². The van der Waals surface area contributed by atoms with Crippen LogP contribution in [0.25, 0.3) is 11.3 Å². The number of aryl methyl sites for hydroxylation is 2. The molecule has 37 heavy (non-hydrogen) atoms. The smallest absolute Gasteiger partial charge is 0.273 e. The summed E-state index contributed by atoms with van der Waals surface area (Å²) < 4.78 is 11.7. The molecule has 0 bridgehead atoms. The van der Waals surface area contributed by atoms with E-state index in [4.69, 9.17) is 9.47 Å². The number of rotatable bonds is 8. The Labute approximate surface area is 215 Å². The van der Waals surface area contributed by atoms with E-state index in [1.807, 2.05) is 70.2 Å². The average molecular weight is 499 g/mol. The average Bonchev–Trinajstić information content (AvgIpc) is 3.42. The van der Waals surface area contributed by atoms with Crippen LogP contribution >= 0.6 is 0 Å². The number of amides is 1. The third-order valence-corrected chi connectivity index (χ3v) is 6.52. The summed E-state index contributed by atoms with van der Waals surface area (Å²) >= 11 is 0. The van der Waals surface area contributed by atoms with Crippen molar-refractivity contribution < 1.29 is 19.4 Å². The lowest BCUT2D eigenvalue weighted by atomic mass is 9.93. The van der Waals surface area contributed by atoms with E-state index in [2.05, 4.69) is 15.2 Å². The van der Waals surface area contributed by atoms with E-state index < -0.39 is 6.04 Å². The van der Waals surface area contributed by atoms with Crippen LogP contribution in [0.5, 0.6) is 17.2 Å². The van der Waals surface area contributed by atoms with Crippen LogP contribution in [-0.2, 0) is 6.54 Å². The quantitative estimate of drug-likeness (QED) is 0.340. The molecule has 8 nitrogen and oxygen atoms in total. The minimum Gasteiger partial charge on any atom is -0.507 e. The number of nitrogens with zero attached hydrogens (tertiary/aromatic N) is 3. The fourth-order valence-electron chi connectivity index (χ4n) is 4.98. The van der Waals surface area contributed by atoms with E-state index >= 15 is 0 Å².